The van der Waals surface area contributed by atoms with E-state index in [-0.39, 0.29) is 0 Å². The summed E-state index contributed by atoms with van der Waals surface area (Å²) in [7, 11) is 0. The Bertz CT molecular complexity index is 388. The summed E-state index contributed by atoms with van der Waals surface area (Å²) < 4.78 is 1.26. The maximum absolute atomic E-state index is 12.4. The van der Waals surface area contributed by atoms with Gasteiger partial charge in [0.1, 0.15) is 0 Å². The third-order valence-corrected chi connectivity index (χ3v) is 5.80. The topological polar surface area (TPSA) is 20.3 Å². The van der Waals surface area contributed by atoms with Crippen LogP contribution in [-0.2, 0) is 4.79 Å². The normalized spacial score (nSPS) is 34.3. The van der Waals surface area contributed by atoms with Crippen LogP contribution in [0, 0.1) is 0 Å². The van der Waals surface area contributed by atoms with Crippen LogP contribution in [0.15, 0.2) is 21.3 Å². The van der Waals surface area contributed by atoms with Gasteiger partial charge in [0.05, 0.1) is 10.3 Å². The number of carbonyl (C=O) groups is 1. The van der Waals surface area contributed by atoms with Crippen LogP contribution in [0.5, 0.6) is 0 Å². The molecule has 0 aliphatic carbocycles. The van der Waals surface area contributed by atoms with Gasteiger partial charge in [-0.3, -0.25) is 4.79 Å². The van der Waals surface area contributed by atoms with Gasteiger partial charge in [-0.25, -0.2) is 0 Å². The molecule has 2 unspecified atom stereocenters. The molecule has 4 aliphatic rings. The van der Waals surface area contributed by atoms with Crippen molar-refractivity contribution >= 4 is 29.4 Å². The van der Waals surface area contributed by atoms with Crippen molar-refractivity contribution < 1.29 is 4.79 Å². The maximum atomic E-state index is 12.4. The van der Waals surface area contributed by atoms with Crippen molar-refractivity contribution in [1.82, 2.24) is 4.90 Å². The Morgan fingerprint density at radius 3 is 3.25 bits per heavy atom. The number of hydrogen-bond donors (Lipinski definition) is 0. The fourth-order valence-electron chi connectivity index (χ4n) is 2.58. The van der Waals surface area contributed by atoms with Gasteiger partial charge in [-0.1, -0.05) is 24.8 Å². The second-order valence-electron chi connectivity index (χ2n) is 4.46. The lowest BCUT2D eigenvalue weighted by Gasteiger charge is -2.31. The zero-order valence-electron chi connectivity index (χ0n) is 9.31. The number of fused-ring (bicyclic) bond motifs is 2. The van der Waals surface area contributed by atoms with Crippen LogP contribution in [0.25, 0.3) is 0 Å². The predicted octanol–water partition coefficient (Wildman–Crippen LogP) is 2.97. The zero-order chi connectivity index (χ0) is 11.1. The van der Waals surface area contributed by atoms with E-state index in [2.05, 4.69) is 23.3 Å². The first kappa shape index (κ1) is 10.8. The molecule has 2 atom stereocenters. The summed E-state index contributed by atoms with van der Waals surface area (Å²) in [5, 5.41) is 2.81. The van der Waals surface area contributed by atoms with Gasteiger partial charge in [0.25, 0.3) is 5.91 Å². The molecule has 0 spiro atoms. The van der Waals surface area contributed by atoms with Gasteiger partial charge < -0.3 is 4.90 Å². The van der Waals surface area contributed by atoms with Crippen LogP contribution in [0.1, 0.15) is 26.2 Å². The fourth-order valence-corrected chi connectivity index (χ4v) is 5.24. The standard InChI is InChI=1S/C12H15NOS2/c1-2-4-13-8-3-5-15-12-10(11(13)14)7-9(6-8)16-12/h3,5,8-9H,2,4,6-7H2,1H3/b5-3-. The molecule has 4 heteroatoms. The first-order valence-electron chi connectivity index (χ1n) is 5.83. The van der Waals surface area contributed by atoms with Crippen molar-refractivity contribution in [2.75, 3.05) is 6.54 Å². The summed E-state index contributed by atoms with van der Waals surface area (Å²) in [5.74, 6) is 0.297. The summed E-state index contributed by atoms with van der Waals surface area (Å²) in [4.78, 5) is 14.5. The van der Waals surface area contributed by atoms with Crippen LogP contribution >= 0.6 is 23.5 Å². The molecule has 0 aromatic carbocycles. The molecule has 0 N–H and O–H groups in total. The predicted molar refractivity (Wildman–Crippen MR) is 70.2 cm³/mol. The summed E-state index contributed by atoms with van der Waals surface area (Å²) in [5.41, 5.74) is 1.08. The molecule has 0 radical (unpaired) electrons. The van der Waals surface area contributed by atoms with Gasteiger partial charge >= 0.3 is 0 Å². The van der Waals surface area contributed by atoms with Crippen LogP contribution in [0.2, 0.25) is 0 Å². The minimum Gasteiger partial charge on any atom is -0.332 e. The molecule has 4 bridgehead atoms. The lowest BCUT2D eigenvalue weighted by atomic mass is 10.1. The largest absolute Gasteiger partial charge is 0.332 e. The molecule has 1 saturated heterocycles. The monoisotopic (exact) mass is 253 g/mol. The molecule has 0 aromatic heterocycles. The van der Waals surface area contributed by atoms with Crippen LogP contribution in [0.3, 0.4) is 0 Å². The third-order valence-electron chi connectivity index (χ3n) is 3.32. The number of thioether (sulfide) groups is 2. The van der Waals surface area contributed by atoms with Crippen LogP contribution < -0.4 is 0 Å². The van der Waals surface area contributed by atoms with Crippen LogP contribution in [0.4, 0.5) is 0 Å². The fraction of sp³-hybridized carbons (Fsp3) is 0.583. The Morgan fingerprint density at radius 2 is 2.44 bits per heavy atom. The first-order chi connectivity index (χ1) is 7.79. The Hall–Kier alpha value is -0.350. The summed E-state index contributed by atoms with van der Waals surface area (Å²) in [6.07, 6.45) is 5.38. The van der Waals surface area contributed by atoms with Gasteiger partial charge in [0, 0.05) is 17.4 Å². The van der Waals surface area contributed by atoms with Gasteiger partial charge in [-0.05, 0) is 24.7 Å². The highest BCUT2D eigenvalue weighted by atomic mass is 32.2. The van der Waals surface area contributed by atoms with E-state index >= 15 is 0 Å². The molecule has 1 fully saturated rings. The van der Waals surface area contributed by atoms with Crippen molar-refractivity contribution in [2.24, 2.45) is 0 Å². The van der Waals surface area contributed by atoms with Crippen molar-refractivity contribution in [2.45, 2.75) is 37.5 Å². The highest BCUT2D eigenvalue weighted by molar-refractivity contribution is 8.24. The number of amides is 1. The molecule has 4 aliphatic heterocycles. The van der Waals surface area contributed by atoms with E-state index < -0.39 is 0 Å². The summed E-state index contributed by atoms with van der Waals surface area (Å²) in [6, 6.07) is 0.330. The van der Waals surface area contributed by atoms with Gasteiger partial charge in [-0.2, -0.15) is 0 Å². The molecule has 16 heavy (non-hydrogen) atoms. The summed E-state index contributed by atoms with van der Waals surface area (Å²) >= 11 is 3.66. The smallest absolute Gasteiger partial charge is 0.251 e. The van der Waals surface area contributed by atoms with E-state index in [1.807, 2.05) is 11.8 Å². The zero-order valence-corrected chi connectivity index (χ0v) is 10.9. The molecule has 2 nitrogen and oxygen atoms in total. The lowest BCUT2D eigenvalue weighted by molar-refractivity contribution is -0.128. The quantitative estimate of drug-likeness (QED) is 0.754. The van der Waals surface area contributed by atoms with E-state index in [4.69, 9.17) is 0 Å². The Labute approximate surface area is 105 Å². The van der Waals surface area contributed by atoms with Crippen molar-refractivity contribution in [1.29, 1.82) is 0 Å². The average molecular weight is 253 g/mol. The van der Waals surface area contributed by atoms with Crippen molar-refractivity contribution in [3.05, 3.63) is 21.3 Å². The molecular weight excluding hydrogens is 238 g/mol. The van der Waals surface area contributed by atoms with E-state index in [0.29, 0.717) is 17.2 Å². The van der Waals surface area contributed by atoms with Gasteiger partial charge in [0.2, 0.25) is 0 Å². The molecule has 0 aromatic rings. The highest BCUT2D eigenvalue weighted by Gasteiger charge is 2.39. The summed E-state index contributed by atoms with van der Waals surface area (Å²) in [6.45, 7) is 3.04. The van der Waals surface area contributed by atoms with E-state index in [0.717, 1.165) is 31.4 Å². The highest BCUT2D eigenvalue weighted by Crippen LogP contribution is 2.50. The first-order valence-corrected chi connectivity index (χ1v) is 7.59. The minimum absolute atomic E-state index is 0.297. The Balaban J connectivity index is 2.02. The van der Waals surface area contributed by atoms with Crippen molar-refractivity contribution in [3.63, 3.8) is 0 Å². The number of hydrogen-bond acceptors (Lipinski definition) is 3. The third kappa shape index (κ3) is 1.63. The molecule has 4 rings (SSSR count). The molecule has 4 heterocycles. The van der Waals surface area contributed by atoms with E-state index in [1.54, 1.807) is 11.8 Å². The SMILES string of the molecule is CCCN1C(=O)C2=C3S/C=C\C1CC(C2)S3. The lowest BCUT2D eigenvalue weighted by Crippen LogP contribution is -2.40. The minimum atomic E-state index is 0.297. The molecule has 0 saturated carbocycles. The molecular formula is C12H15NOS2. The maximum Gasteiger partial charge on any atom is 0.251 e. The second kappa shape index (κ2) is 4.15. The Morgan fingerprint density at radius 1 is 1.56 bits per heavy atom. The average Bonchev–Trinajstić information content (AvgIpc) is 2.60. The van der Waals surface area contributed by atoms with E-state index in [9.17, 15) is 4.79 Å². The van der Waals surface area contributed by atoms with Gasteiger partial charge in [-0.15, -0.1) is 11.8 Å². The second-order valence-corrected chi connectivity index (χ2v) is 6.94. The number of carbonyl (C=O) groups excluding carboxylic acids is 1. The van der Waals surface area contributed by atoms with Crippen molar-refractivity contribution in [3.8, 4) is 0 Å². The van der Waals surface area contributed by atoms with Crippen LogP contribution in [-0.4, -0.2) is 28.6 Å². The van der Waals surface area contributed by atoms with Gasteiger partial charge in [0.15, 0.2) is 0 Å². The molecule has 1 amide bonds. The number of rotatable bonds is 2. The molecule has 86 valence electrons. The Kier molecular flexibility index (Phi) is 2.80. The van der Waals surface area contributed by atoms with E-state index in [1.165, 1.54) is 4.24 Å². The number of nitrogens with zero attached hydrogens (tertiary/aromatic N) is 1.